The van der Waals surface area contributed by atoms with E-state index in [0.29, 0.717) is 37.5 Å². The van der Waals surface area contributed by atoms with E-state index in [1.807, 2.05) is 24.8 Å². The number of aliphatic hydroxyl groups is 1. The van der Waals surface area contributed by atoms with Gasteiger partial charge in [-0.25, -0.2) is 4.68 Å². The van der Waals surface area contributed by atoms with Gasteiger partial charge in [-0.05, 0) is 32.4 Å². The van der Waals surface area contributed by atoms with Gasteiger partial charge < -0.3 is 14.8 Å². The molecule has 0 aromatic carbocycles. The van der Waals surface area contributed by atoms with Crippen LogP contribution >= 0.6 is 0 Å². The fourth-order valence-electron chi connectivity index (χ4n) is 2.82. The Bertz CT molecular complexity index is 682. The minimum atomic E-state index is -1.05. The molecule has 8 nitrogen and oxygen atoms in total. The van der Waals surface area contributed by atoms with Gasteiger partial charge in [-0.15, -0.1) is 5.10 Å². The molecule has 0 radical (unpaired) electrons. The lowest BCUT2D eigenvalue weighted by atomic mass is 10.00. The molecule has 3 heterocycles. The first-order valence-electron chi connectivity index (χ1n) is 8.12. The van der Waals surface area contributed by atoms with Gasteiger partial charge in [-0.1, -0.05) is 5.21 Å². The zero-order chi connectivity index (χ0) is 17.2. The van der Waals surface area contributed by atoms with Crippen molar-refractivity contribution in [1.82, 2.24) is 25.2 Å². The lowest BCUT2D eigenvalue weighted by molar-refractivity contribution is -0.122. The molecule has 1 saturated heterocycles. The number of carbonyl (C=O) groups is 1. The monoisotopic (exact) mass is 333 g/mol. The topological polar surface area (TPSA) is 96.4 Å². The first-order valence-corrected chi connectivity index (χ1v) is 8.12. The van der Waals surface area contributed by atoms with Gasteiger partial charge in [0.15, 0.2) is 0 Å². The maximum Gasteiger partial charge on any atom is 0.234 e. The Morgan fingerprint density at radius 3 is 3.04 bits per heavy atom. The Morgan fingerprint density at radius 2 is 2.38 bits per heavy atom. The van der Waals surface area contributed by atoms with Crippen molar-refractivity contribution in [1.29, 1.82) is 0 Å². The number of furan rings is 1. The molecule has 0 unspecified atom stereocenters. The van der Waals surface area contributed by atoms with Crippen LogP contribution in [0.3, 0.4) is 0 Å². The molecule has 2 aromatic rings. The highest BCUT2D eigenvalue weighted by molar-refractivity contribution is 5.78. The molecule has 0 saturated carbocycles. The van der Waals surface area contributed by atoms with E-state index < -0.39 is 5.60 Å². The van der Waals surface area contributed by atoms with Crippen molar-refractivity contribution in [3.05, 3.63) is 36.0 Å². The van der Waals surface area contributed by atoms with Gasteiger partial charge in [0.1, 0.15) is 17.1 Å². The van der Waals surface area contributed by atoms with Crippen LogP contribution in [-0.4, -0.2) is 50.5 Å². The number of likely N-dealkylation sites (tertiary alicyclic amines) is 1. The van der Waals surface area contributed by atoms with Crippen LogP contribution in [-0.2, 0) is 16.9 Å². The number of nitrogens with one attached hydrogen (secondary N) is 1. The summed E-state index contributed by atoms with van der Waals surface area (Å²) in [7, 11) is 0. The molecule has 0 spiro atoms. The predicted octanol–water partition coefficient (Wildman–Crippen LogP) is 0.662. The third-order valence-electron chi connectivity index (χ3n) is 4.25. The second kappa shape index (κ2) is 6.74. The molecule has 2 N–H and O–H groups in total. The van der Waals surface area contributed by atoms with Gasteiger partial charge in [0.05, 0.1) is 25.5 Å². The molecule has 1 aliphatic rings. The lowest BCUT2D eigenvalue weighted by Gasteiger charge is -2.20. The maximum atomic E-state index is 12.0. The molecular formula is C16H23N5O3. The van der Waals surface area contributed by atoms with Crippen molar-refractivity contribution >= 4 is 5.91 Å². The van der Waals surface area contributed by atoms with Crippen molar-refractivity contribution in [2.24, 2.45) is 0 Å². The Balaban J connectivity index is 1.53. The minimum Gasteiger partial charge on any atom is -0.467 e. The summed E-state index contributed by atoms with van der Waals surface area (Å²) in [6, 6.07) is 3.79. The predicted molar refractivity (Wildman–Crippen MR) is 85.9 cm³/mol. The van der Waals surface area contributed by atoms with Gasteiger partial charge in [-0.2, -0.15) is 0 Å². The molecular weight excluding hydrogens is 310 g/mol. The lowest BCUT2D eigenvalue weighted by Crippen LogP contribution is -2.38. The molecule has 1 amide bonds. The number of nitrogens with zero attached hydrogens (tertiary/aromatic N) is 4. The zero-order valence-corrected chi connectivity index (χ0v) is 14.0. The number of hydrogen-bond donors (Lipinski definition) is 2. The largest absolute Gasteiger partial charge is 0.467 e. The molecule has 0 bridgehead atoms. The molecule has 0 aliphatic carbocycles. The van der Waals surface area contributed by atoms with Crippen LogP contribution in [0.2, 0.25) is 0 Å². The van der Waals surface area contributed by atoms with Crippen molar-refractivity contribution in [3.8, 4) is 0 Å². The van der Waals surface area contributed by atoms with Crippen LogP contribution in [0.25, 0.3) is 0 Å². The first-order chi connectivity index (χ1) is 11.5. The third kappa shape index (κ3) is 3.65. The van der Waals surface area contributed by atoms with E-state index in [9.17, 15) is 9.90 Å². The molecule has 130 valence electrons. The quantitative estimate of drug-likeness (QED) is 0.806. The number of rotatable bonds is 6. The van der Waals surface area contributed by atoms with Gasteiger partial charge in [-0.3, -0.25) is 9.69 Å². The van der Waals surface area contributed by atoms with Gasteiger partial charge in [0.2, 0.25) is 5.91 Å². The maximum absolute atomic E-state index is 12.0. The van der Waals surface area contributed by atoms with Crippen LogP contribution < -0.4 is 5.32 Å². The summed E-state index contributed by atoms with van der Waals surface area (Å²) in [5, 5.41) is 21.8. The van der Waals surface area contributed by atoms with Crippen LogP contribution in [0.4, 0.5) is 0 Å². The van der Waals surface area contributed by atoms with E-state index in [1.165, 1.54) is 0 Å². The summed E-state index contributed by atoms with van der Waals surface area (Å²) in [4.78, 5) is 13.9. The summed E-state index contributed by atoms with van der Waals surface area (Å²) in [6.07, 6.45) is 3.90. The number of aromatic nitrogens is 3. The van der Waals surface area contributed by atoms with E-state index in [2.05, 4.69) is 15.6 Å². The second-order valence-electron chi connectivity index (χ2n) is 6.53. The smallest absolute Gasteiger partial charge is 0.234 e. The van der Waals surface area contributed by atoms with Crippen LogP contribution in [0.5, 0.6) is 0 Å². The van der Waals surface area contributed by atoms with E-state index in [4.69, 9.17) is 4.42 Å². The average molecular weight is 333 g/mol. The Kier molecular flexibility index (Phi) is 4.68. The second-order valence-corrected chi connectivity index (χ2v) is 6.53. The summed E-state index contributed by atoms with van der Waals surface area (Å²) in [5.41, 5.74) is -0.483. The number of amides is 1. The highest BCUT2D eigenvalue weighted by Crippen LogP contribution is 2.30. The first kappa shape index (κ1) is 16.7. The Hall–Kier alpha value is -2.19. The normalized spacial score (nSPS) is 21.5. The highest BCUT2D eigenvalue weighted by Gasteiger charge is 2.40. The summed E-state index contributed by atoms with van der Waals surface area (Å²) >= 11 is 0. The standard InChI is InChI=1S/C16H23N5O3/c1-12(2)21-9-14(18-19-21)16(23)5-6-20(11-16)10-15(22)17-8-13-4-3-7-24-13/h3-4,7,9,12,23H,5-6,8,10-11H2,1-2H3,(H,17,22)/t16-/m1/s1. The van der Waals surface area contributed by atoms with Crippen molar-refractivity contribution in [2.75, 3.05) is 19.6 Å². The van der Waals surface area contributed by atoms with E-state index in [-0.39, 0.29) is 18.5 Å². The van der Waals surface area contributed by atoms with E-state index >= 15 is 0 Å². The third-order valence-corrected chi connectivity index (χ3v) is 4.25. The van der Waals surface area contributed by atoms with Crippen molar-refractivity contribution < 1.29 is 14.3 Å². The minimum absolute atomic E-state index is 0.0958. The SMILES string of the molecule is CC(C)n1cc([C@@]2(O)CCN(CC(=O)NCc3ccco3)C2)nn1. The van der Waals surface area contributed by atoms with Crippen LogP contribution in [0.1, 0.15) is 37.8 Å². The Labute approximate surface area is 140 Å². The molecule has 3 rings (SSSR count). The van der Waals surface area contributed by atoms with Crippen LogP contribution in [0.15, 0.2) is 29.0 Å². The summed E-state index contributed by atoms with van der Waals surface area (Å²) in [5.74, 6) is 0.619. The molecule has 1 aliphatic heterocycles. The molecule has 2 aromatic heterocycles. The van der Waals surface area contributed by atoms with Gasteiger partial charge in [0.25, 0.3) is 0 Å². The van der Waals surface area contributed by atoms with Gasteiger partial charge in [0, 0.05) is 19.1 Å². The average Bonchev–Trinajstić information content (AvgIpc) is 3.26. The summed E-state index contributed by atoms with van der Waals surface area (Å²) < 4.78 is 6.91. The van der Waals surface area contributed by atoms with E-state index in [1.54, 1.807) is 23.2 Å². The molecule has 1 fully saturated rings. The zero-order valence-electron chi connectivity index (χ0n) is 14.0. The van der Waals surface area contributed by atoms with Crippen molar-refractivity contribution in [2.45, 2.75) is 38.5 Å². The fraction of sp³-hybridized carbons (Fsp3) is 0.562. The summed E-state index contributed by atoms with van der Waals surface area (Å²) in [6.45, 7) is 5.63. The molecule has 8 heteroatoms. The highest BCUT2D eigenvalue weighted by atomic mass is 16.3. The van der Waals surface area contributed by atoms with Crippen molar-refractivity contribution in [3.63, 3.8) is 0 Å². The number of β-amino-alcohol motifs (C(OH)–C–C–N with tert-alkyl or cyclic N) is 1. The molecule has 1 atom stereocenters. The molecule has 24 heavy (non-hydrogen) atoms. The number of hydrogen-bond acceptors (Lipinski definition) is 6. The fourth-order valence-corrected chi connectivity index (χ4v) is 2.82. The van der Waals surface area contributed by atoms with E-state index in [0.717, 1.165) is 0 Å². The Morgan fingerprint density at radius 1 is 1.54 bits per heavy atom. The van der Waals surface area contributed by atoms with Gasteiger partial charge >= 0.3 is 0 Å². The number of carbonyl (C=O) groups excluding carboxylic acids is 1. The van der Waals surface area contributed by atoms with Crippen LogP contribution in [0, 0.1) is 0 Å².